The smallest absolute Gasteiger partial charge is 0.251 e. The number of amides is 1. The van der Waals surface area contributed by atoms with Crippen molar-refractivity contribution in [3.05, 3.63) is 60.6 Å². The maximum absolute atomic E-state index is 12.5. The molecule has 0 aliphatic carbocycles. The highest BCUT2D eigenvalue weighted by molar-refractivity contribution is 5.94. The summed E-state index contributed by atoms with van der Waals surface area (Å²) in [5.41, 5.74) is 6.84. The zero-order valence-electron chi connectivity index (χ0n) is 17.3. The van der Waals surface area contributed by atoms with Crippen molar-refractivity contribution in [3.63, 3.8) is 0 Å². The molecule has 2 aromatic heterocycles. The van der Waals surface area contributed by atoms with Crippen molar-refractivity contribution in [1.82, 2.24) is 15.3 Å². The van der Waals surface area contributed by atoms with Crippen molar-refractivity contribution >= 4 is 22.5 Å². The summed E-state index contributed by atoms with van der Waals surface area (Å²) >= 11 is 0. The lowest BCUT2D eigenvalue weighted by atomic mass is 10.0. The lowest BCUT2D eigenvalue weighted by molar-refractivity contribution is 0.0576. The van der Waals surface area contributed by atoms with Gasteiger partial charge in [0.1, 0.15) is 11.4 Å². The molecule has 0 spiro atoms. The Morgan fingerprint density at radius 2 is 2.06 bits per heavy atom. The van der Waals surface area contributed by atoms with Crippen LogP contribution in [-0.4, -0.2) is 59.4 Å². The maximum atomic E-state index is 12.5. The second-order valence-electron chi connectivity index (χ2n) is 7.82. The summed E-state index contributed by atoms with van der Waals surface area (Å²) in [7, 11) is 0. The van der Waals surface area contributed by atoms with Crippen molar-refractivity contribution < 1.29 is 14.6 Å². The van der Waals surface area contributed by atoms with Crippen LogP contribution in [0.25, 0.3) is 10.9 Å². The van der Waals surface area contributed by atoms with Crippen LogP contribution in [0.1, 0.15) is 23.2 Å². The Labute approximate surface area is 181 Å². The van der Waals surface area contributed by atoms with Gasteiger partial charge in [-0.25, -0.2) is 0 Å². The number of carbonyl (C=O) groups is 1. The molecule has 1 saturated heterocycles. The lowest BCUT2D eigenvalue weighted by Gasteiger charge is -2.25. The van der Waals surface area contributed by atoms with Crippen molar-refractivity contribution in [2.24, 2.45) is 5.73 Å². The first-order chi connectivity index (χ1) is 15.1. The number of nitrogens with zero attached hydrogens (tertiary/aromatic N) is 3. The summed E-state index contributed by atoms with van der Waals surface area (Å²) in [5.74, 6) is 0.480. The molecule has 1 atom stereocenters. The van der Waals surface area contributed by atoms with Gasteiger partial charge in [-0.05, 0) is 55.8 Å². The van der Waals surface area contributed by atoms with Crippen LogP contribution in [-0.2, 0) is 0 Å². The number of nitrogens with two attached hydrogens (primary N) is 1. The molecule has 1 amide bonds. The van der Waals surface area contributed by atoms with E-state index in [9.17, 15) is 9.90 Å². The van der Waals surface area contributed by atoms with Gasteiger partial charge in [0.15, 0.2) is 0 Å². The van der Waals surface area contributed by atoms with E-state index < -0.39 is 5.60 Å². The van der Waals surface area contributed by atoms with E-state index >= 15 is 0 Å². The number of anilines is 1. The Balaban J connectivity index is 1.35. The van der Waals surface area contributed by atoms with E-state index in [0.29, 0.717) is 44.0 Å². The molecule has 1 aromatic carbocycles. The van der Waals surface area contributed by atoms with E-state index in [-0.39, 0.29) is 12.5 Å². The quantitative estimate of drug-likeness (QED) is 0.475. The molecule has 1 aliphatic heterocycles. The first-order valence-electron chi connectivity index (χ1n) is 10.5. The standard InChI is InChI=1S/C23H27N5O3/c24-9-1-13-31-18-4-2-17(3-5-18)22(29)27-15-23(30)8-12-28(16-23)21-7-11-26-20-6-10-25-14-19(20)21/h2-7,10-11,14,30H,1,8-9,12-13,15-16,24H2,(H,27,29)/t23-/m0/s1. The fourth-order valence-corrected chi connectivity index (χ4v) is 3.78. The van der Waals surface area contributed by atoms with E-state index in [1.165, 1.54) is 0 Å². The molecule has 0 bridgehead atoms. The minimum absolute atomic E-state index is 0.179. The van der Waals surface area contributed by atoms with E-state index in [1.54, 1.807) is 42.9 Å². The van der Waals surface area contributed by atoms with Gasteiger partial charge in [0, 0.05) is 54.9 Å². The molecule has 0 saturated carbocycles. The third-order valence-corrected chi connectivity index (χ3v) is 5.50. The summed E-state index contributed by atoms with van der Waals surface area (Å²) in [6.07, 6.45) is 6.61. The van der Waals surface area contributed by atoms with Crippen molar-refractivity contribution in [3.8, 4) is 5.75 Å². The molecule has 1 aliphatic rings. The minimum atomic E-state index is -1.00. The second kappa shape index (κ2) is 9.28. The van der Waals surface area contributed by atoms with Gasteiger partial charge in [-0.1, -0.05) is 0 Å². The number of fused-ring (bicyclic) bond motifs is 1. The summed E-state index contributed by atoms with van der Waals surface area (Å²) in [4.78, 5) is 23.2. The van der Waals surface area contributed by atoms with Crippen LogP contribution in [0.2, 0.25) is 0 Å². The molecule has 4 N–H and O–H groups in total. The molecule has 0 unspecified atom stereocenters. The largest absolute Gasteiger partial charge is 0.494 e. The third kappa shape index (κ3) is 4.92. The topological polar surface area (TPSA) is 114 Å². The molecule has 4 rings (SSSR count). The van der Waals surface area contributed by atoms with E-state index in [2.05, 4.69) is 20.2 Å². The Morgan fingerprint density at radius 1 is 1.23 bits per heavy atom. The predicted molar refractivity (Wildman–Crippen MR) is 119 cm³/mol. The highest BCUT2D eigenvalue weighted by Crippen LogP contribution is 2.31. The number of aromatic nitrogens is 2. The number of pyridine rings is 2. The van der Waals surface area contributed by atoms with E-state index in [0.717, 1.165) is 23.0 Å². The summed E-state index contributed by atoms with van der Waals surface area (Å²) in [6.45, 7) is 2.42. The Morgan fingerprint density at radius 3 is 2.87 bits per heavy atom. The Bertz CT molecular complexity index is 1040. The number of ether oxygens (including phenoxy) is 1. The predicted octanol–water partition coefficient (Wildman–Crippen LogP) is 1.73. The zero-order chi connectivity index (χ0) is 21.7. The highest BCUT2D eigenvalue weighted by atomic mass is 16.5. The molecule has 3 aromatic rings. The molecule has 3 heterocycles. The first-order valence-corrected chi connectivity index (χ1v) is 10.5. The average Bonchev–Trinajstić information content (AvgIpc) is 3.20. The molecule has 0 radical (unpaired) electrons. The SMILES string of the molecule is NCCCOc1ccc(C(=O)NC[C@@]2(O)CCN(c3ccnc4ccncc34)C2)cc1. The molecular weight excluding hydrogens is 394 g/mol. The third-order valence-electron chi connectivity index (χ3n) is 5.50. The second-order valence-corrected chi connectivity index (χ2v) is 7.82. The summed E-state index contributed by atoms with van der Waals surface area (Å²) in [6, 6.07) is 10.8. The van der Waals surface area contributed by atoms with E-state index in [4.69, 9.17) is 10.5 Å². The Kier molecular flexibility index (Phi) is 6.29. The normalized spacial score (nSPS) is 18.3. The van der Waals surface area contributed by atoms with Crippen LogP contribution < -0.4 is 20.7 Å². The monoisotopic (exact) mass is 421 g/mol. The van der Waals surface area contributed by atoms with Gasteiger partial charge in [-0.2, -0.15) is 0 Å². The van der Waals surface area contributed by atoms with Gasteiger partial charge < -0.3 is 25.8 Å². The zero-order valence-corrected chi connectivity index (χ0v) is 17.3. The fraction of sp³-hybridized carbons (Fsp3) is 0.348. The van der Waals surface area contributed by atoms with Crippen molar-refractivity contribution in [2.45, 2.75) is 18.4 Å². The first kappa shape index (κ1) is 21.0. The lowest BCUT2D eigenvalue weighted by Crippen LogP contribution is -2.45. The number of benzene rings is 1. The van der Waals surface area contributed by atoms with Crippen molar-refractivity contribution in [2.75, 3.05) is 37.7 Å². The number of hydrogen-bond acceptors (Lipinski definition) is 7. The van der Waals surface area contributed by atoms with Crippen LogP contribution >= 0.6 is 0 Å². The van der Waals surface area contributed by atoms with Crippen LogP contribution in [0.3, 0.4) is 0 Å². The molecule has 31 heavy (non-hydrogen) atoms. The fourth-order valence-electron chi connectivity index (χ4n) is 3.78. The molecule has 8 heteroatoms. The molecule has 162 valence electrons. The van der Waals surface area contributed by atoms with Crippen LogP contribution in [0, 0.1) is 0 Å². The van der Waals surface area contributed by atoms with Crippen LogP contribution in [0.15, 0.2) is 55.0 Å². The van der Waals surface area contributed by atoms with Gasteiger partial charge in [0.25, 0.3) is 5.91 Å². The maximum Gasteiger partial charge on any atom is 0.251 e. The number of rotatable bonds is 8. The summed E-state index contributed by atoms with van der Waals surface area (Å²) < 4.78 is 5.56. The average molecular weight is 422 g/mol. The molecule has 1 fully saturated rings. The number of nitrogens with one attached hydrogen (secondary N) is 1. The number of aliphatic hydroxyl groups is 1. The number of hydrogen-bond donors (Lipinski definition) is 3. The minimum Gasteiger partial charge on any atom is -0.494 e. The van der Waals surface area contributed by atoms with Crippen molar-refractivity contribution in [1.29, 1.82) is 0 Å². The summed E-state index contributed by atoms with van der Waals surface area (Å²) in [5, 5.41) is 14.9. The van der Waals surface area contributed by atoms with E-state index in [1.807, 2.05) is 12.1 Å². The molecule has 8 nitrogen and oxygen atoms in total. The van der Waals surface area contributed by atoms with Gasteiger partial charge in [0.2, 0.25) is 0 Å². The van der Waals surface area contributed by atoms with Gasteiger partial charge in [-0.15, -0.1) is 0 Å². The van der Waals surface area contributed by atoms with Gasteiger partial charge in [0.05, 0.1) is 12.1 Å². The number of β-amino-alcohol motifs (C(OH)–C–C–N with tert-alkyl or cyclic N) is 1. The van der Waals surface area contributed by atoms with Crippen LogP contribution in [0.5, 0.6) is 5.75 Å². The van der Waals surface area contributed by atoms with Gasteiger partial charge in [-0.3, -0.25) is 14.8 Å². The van der Waals surface area contributed by atoms with Gasteiger partial charge >= 0.3 is 0 Å². The molecular formula is C23H27N5O3. The van der Waals surface area contributed by atoms with Crippen LogP contribution in [0.4, 0.5) is 5.69 Å². The number of carbonyl (C=O) groups excluding carboxylic acids is 1. The highest BCUT2D eigenvalue weighted by Gasteiger charge is 2.37. The Hall–Kier alpha value is -3.23.